The maximum absolute atomic E-state index is 12.6. The molecule has 0 aromatic carbocycles. The van der Waals surface area contributed by atoms with E-state index < -0.39 is 0 Å². The third-order valence-electron chi connectivity index (χ3n) is 4.35. The first-order chi connectivity index (χ1) is 11.0. The van der Waals surface area contributed by atoms with E-state index in [-0.39, 0.29) is 16.7 Å². The average molecular weight is 336 g/mol. The van der Waals surface area contributed by atoms with Gasteiger partial charge in [-0.15, -0.1) is 0 Å². The zero-order valence-electron chi connectivity index (χ0n) is 13.7. The fourth-order valence-electron chi connectivity index (χ4n) is 3.09. The van der Waals surface area contributed by atoms with Crippen LogP contribution >= 0.6 is 11.8 Å². The molecule has 2 heterocycles. The van der Waals surface area contributed by atoms with E-state index in [2.05, 4.69) is 35.1 Å². The highest BCUT2D eigenvalue weighted by Gasteiger charge is 2.34. The summed E-state index contributed by atoms with van der Waals surface area (Å²) in [6, 6.07) is 0. The summed E-state index contributed by atoms with van der Waals surface area (Å²) in [6.45, 7) is 8.16. The molecule has 1 fully saturated rings. The Labute approximate surface area is 141 Å². The van der Waals surface area contributed by atoms with Crippen LogP contribution in [0.5, 0.6) is 0 Å². The molecule has 0 radical (unpaired) electrons. The number of hydrogen-bond acceptors (Lipinski definition) is 6. The number of amidine groups is 1. The summed E-state index contributed by atoms with van der Waals surface area (Å²) in [5.41, 5.74) is 7.65. The second-order valence-electron chi connectivity index (χ2n) is 6.65. The Morgan fingerprint density at radius 1 is 1.43 bits per heavy atom. The smallest absolute Gasteiger partial charge is 0.253 e. The van der Waals surface area contributed by atoms with Crippen LogP contribution < -0.4 is 11.1 Å². The maximum atomic E-state index is 12.6. The van der Waals surface area contributed by atoms with E-state index in [1.54, 1.807) is 0 Å². The van der Waals surface area contributed by atoms with Gasteiger partial charge < -0.3 is 20.7 Å². The van der Waals surface area contributed by atoms with Crippen LogP contribution in [0.2, 0.25) is 0 Å². The Morgan fingerprint density at radius 3 is 2.78 bits per heavy atom. The van der Waals surface area contributed by atoms with Crippen molar-refractivity contribution in [2.24, 2.45) is 16.1 Å². The van der Waals surface area contributed by atoms with Crippen molar-refractivity contribution in [3.63, 3.8) is 0 Å². The van der Waals surface area contributed by atoms with Gasteiger partial charge in [0.25, 0.3) is 5.91 Å². The summed E-state index contributed by atoms with van der Waals surface area (Å²) in [6.07, 6.45) is 4.87. The van der Waals surface area contributed by atoms with Gasteiger partial charge in [-0.3, -0.25) is 9.79 Å². The number of nitrogens with two attached hydrogens (primary N) is 1. The van der Waals surface area contributed by atoms with Crippen molar-refractivity contribution in [2.75, 3.05) is 32.8 Å². The third-order valence-corrected chi connectivity index (χ3v) is 5.26. The third kappa shape index (κ3) is 3.79. The fraction of sp³-hybridized carbons (Fsp3) is 0.625. The van der Waals surface area contributed by atoms with Gasteiger partial charge in [0.1, 0.15) is 0 Å². The van der Waals surface area contributed by atoms with Crippen molar-refractivity contribution in [3.8, 4) is 0 Å². The van der Waals surface area contributed by atoms with Crippen LogP contribution in [0.15, 0.2) is 28.4 Å². The van der Waals surface area contributed by atoms with Crippen LogP contribution in [0, 0.1) is 5.41 Å². The van der Waals surface area contributed by atoms with Gasteiger partial charge in [0, 0.05) is 29.8 Å². The molecule has 0 aromatic rings. The van der Waals surface area contributed by atoms with E-state index in [0.29, 0.717) is 11.7 Å². The molecular weight excluding hydrogens is 312 g/mol. The van der Waals surface area contributed by atoms with E-state index in [1.165, 1.54) is 17.5 Å². The lowest BCUT2D eigenvalue weighted by molar-refractivity contribution is -0.117. The second kappa shape index (κ2) is 6.67. The lowest BCUT2D eigenvalue weighted by Crippen LogP contribution is -2.40. The summed E-state index contributed by atoms with van der Waals surface area (Å²) in [4.78, 5) is 19.2. The first-order valence-corrected chi connectivity index (χ1v) is 8.86. The van der Waals surface area contributed by atoms with Gasteiger partial charge >= 0.3 is 0 Å². The molecule has 0 aromatic heterocycles. The van der Waals surface area contributed by atoms with Gasteiger partial charge in [-0.1, -0.05) is 31.7 Å². The van der Waals surface area contributed by atoms with Crippen molar-refractivity contribution in [1.29, 1.82) is 0 Å². The minimum Gasteiger partial charge on any atom is -0.378 e. The zero-order chi connectivity index (χ0) is 16.4. The quantitative estimate of drug-likeness (QED) is 0.788. The molecule has 1 amide bonds. The summed E-state index contributed by atoms with van der Waals surface area (Å²) < 4.78 is 5.41. The predicted molar refractivity (Wildman–Crippen MR) is 93.0 cm³/mol. The Balaban J connectivity index is 1.71. The summed E-state index contributed by atoms with van der Waals surface area (Å²) >= 11 is 1.41. The van der Waals surface area contributed by atoms with Crippen LogP contribution in [0.25, 0.3) is 0 Å². The van der Waals surface area contributed by atoms with Crippen molar-refractivity contribution in [2.45, 2.75) is 25.6 Å². The molecule has 1 saturated heterocycles. The monoisotopic (exact) mass is 336 g/mol. The number of aliphatic imine (C=N–C) groups is 1. The molecule has 126 valence electrons. The van der Waals surface area contributed by atoms with E-state index in [4.69, 9.17) is 10.5 Å². The molecule has 1 aliphatic carbocycles. The van der Waals surface area contributed by atoms with Gasteiger partial charge in [-0.05, 0) is 12.5 Å². The molecule has 3 aliphatic rings. The Bertz CT molecular complexity index is 577. The number of carbonyl (C=O) groups excluding carboxylic acids is 1. The summed E-state index contributed by atoms with van der Waals surface area (Å²) in [5, 5.41) is 3.47. The van der Waals surface area contributed by atoms with Crippen LogP contribution in [0.4, 0.5) is 0 Å². The lowest BCUT2D eigenvalue weighted by atomic mass is 9.76. The van der Waals surface area contributed by atoms with E-state index in [0.717, 1.165) is 38.3 Å². The number of thioether (sulfide) groups is 1. The van der Waals surface area contributed by atoms with Gasteiger partial charge in [-0.2, -0.15) is 0 Å². The molecule has 1 unspecified atom stereocenters. The maximum Gasteiger partial charge on any atom is 0.253 e. The minimum absolute atomic E-state index is 0.0496. The van der Waals surface area contributed by atoms with Gasteiger partial charge in [0.15, 0.2) is 5.17 Å². The average Bonchev–Trinajstić information content (AvgIpc) is 2.92. The Kier molecular flexibility index (Phi) is 4.79. The molecule has 7 heteroatoms. The van der Waals surface area contributed by atoms with Crippen LogP contribution in [0.3, 0.4) is 0 Å². The largest absolute Gasteiger partial charge is 0.378 e. The number of allylic oxidation sites excluding steroid dienone is 3. The normalized spacial score (nSPS) is 27.2. The predicted octanol–water partition coefficient (Wildman–Crippen LogP) is 1.06. The summed E-state index contributed by atoms with van der Waals surface area (Å²) in [5.74, 6) is -0.0763. The molecule has 0 saturated carbocycles. The number of nitrogens with zero attached hydrogens (tertiary/aromatic N) is 2. The van der Waals surface area contributed by atoms with Crippen molar-refractivity contribution >= 4 is 22.8 Å². The van der Waals surface area contributed by atoms with Crippen molar-refractivity contribution in [1.82, 2.24) is 10.2 Å². The molecule has 0 bridgehead atoms. The molecular formula is C16H24N4O2S. The highest BCUT2D eigenvalue weighted by Crippen LogP contribution is 2.38. The van der Waals surface area contributed by atoms with E-state index in [1.807, 2.05) is 6.08 Å². The molecule has 0 spiro atoms. The number of amides is 1. The first-order valence-electron chi connectivity index (χ1n) is 7.98. The number of ether oxygens (including phenoxy) is 1. The van der Waals surface area contributed by atoms with E-state index in [9.17, 15) is 4.79 Å². The standard InChI is InChI=1S/C16H24N4O2S/c1-16(2)9-11(20-5-7-22-8-6-20)3-4-12(16)14(21)19-15-18-10-13(17)23-15/h3-4,13H,5-10,17H2,1-2H3,(H,18,19,21). The topological polar surface area (TPSA) is 80.0 Å². The number of morpholine rings is 1. The lowest BCUT2D eigenvalue weighted by Gasteiger charge is -2.38. The van der Waals surface area contributed by atoms with Crippen LogP contribution in [0.1, 0.15) is 20.3 Å². The first kappa shape index (κ1) is 16.5. The van der Waals surface area contributed by atoms with Crippen molar-refractivity contribution in [3.05, 3.63) is 23.4 Å². The molecule has 23 heavy (non-hydrogen) atoms. The second-order valence-corrected chi connectivity index (χ2v) is 7.88. The molecule has 2 aliphatic heterocycles. The minimum atomic E-state index is -0.210. The van der Waals surface area contributed by atoms with Gasteiger partial charge in [0.05, 0.1) is 25.1 Å². The van der Waals surface area contributed by atoms with Gasteiger partial charge in [0.2, 0.25) is 0 Å². The molecule has 3 rings (SSSR count). The van der Waals surface area contributed by atoms with Crippen LogP contribution in [-0.2, 0) is 9.53 Å². The Hall–Kier alpha value is -1.31. The highest BCUT2D eigenvalue weighted by molar-refractivity contribution is 8.14. The number of hydrogen-bond donors (Lipinski definition) is 2. The fourth-order valence-corrected chi connectivity index (χ4v) is 3.82. The molecule has 3 N–H and O–H groups in total. The summed E-state index contributed by atoms with van der Waals surface area (Å²) in [7, 11) is 0. The van der Waals surface area contributed by atoms with Crippen molar-refractivity contribution < 1.29 is 9.53 Å². The molecule has 6 nitrogen and oxygen atoms in total. The van der Waals surface area contributed by atoms with Crippen LogP contribution in [-0.4, -0.2) is 54.2 Å². The number of rotatable bonds is 2. The number of nitrogens with one attached hydrogen (secondary N) is 1. The number of carbonyl (C=O) groups is 1. The van der Waals surface area contributed by atoms with Gasteiger partial charge in [-0.25, -0.2) is 0 Å². The molecule has 1 atom stereocenters. The SMILES string of the molecule is CC1(C)CC(N2CCOCC2)=CC=C1C(=O)NC1=NCC(N)S1. The highest BCUT2D eigenvalue weighted by atomic mass is 32.2. The van der Waals surface area contributed by atoms with E-state index >= 15 is 0 Å². The Morgan fingerprint density at radius 2 is 2.17 bits per heavy atom. The zero-order valence-corrected chi connectivity index (χ0v) is 14.5.